The maximum atomic E-state index is 5.41. The van der Waals surface area contributed by atoms with E-state index < -0.39 is 0 Å². The van der Waals surface area contributed by atoms with Gasteiger partial charge in [-0.05, 0) is 36.6 Å². The molecule has 1 aromatic heterocycles. The molecular formula is C18H26IN5O2. The molecule has 142 valence electrons. The minimum atomic E-state index is 0. The smallest absolute Gasteiger partial charge is 0.231 e. The van der Waals surface area contributed by atoms with Crippen molar-refractivity contribution in [2.45, 2.75) is 26.9 Å². The molecule has 0 radical (unpaired) electrons. The first-order chi connectivity index (χ1) is 12.2. The first-order valence-corrected chi connectivity index (χ1v) is 8.62. The Morgan fingerprint density at radius 1 is 1.31 bits per heavy atom. The number of aliphatic imine (C=N–C) groups is 1. The van der Waals surface area contributed by atoms with Crippen LogP contribution in [-0.2, 0) is 13.1 Å². The van der Waals surface area contributed by atoms with Gasteiger partial charge in [0.05, 0.1) is 6.54 Å². The van der Waals surface area contributed by atoms with Crippen LogP contribution in [0.1, 0.15) is 19.4 Å². The molecule has 1 aliphatic heterocycles. The second-order valence-corrected chi connectivity index (χ2v) is 6.10. The van der Waals surface area contributed by atoms with Crippen LogP contribution in [0, 0.1) is 5.92 Å². The first-order valence-electron chi connectivity index (χ1n) is 8.62. The summed E-state index contributed by atoms with van der Waals surface area (Å²) in [5.74, 6) is 2.84. The lowest BCUT2D eigenvalue weighted by Crippen LogP contribution is -2.40. The molecule has 26 heavy (non-hydrogen) atoms. The molecule has 8 heteroatoms. The summed E-state index contributed by atoms with van der Waals surface area (Å²) in [5.41, 5.74) is 1.09. The van der Waals surface area contributed by atoms with Crippen molar-refractivity contribution in [3.8, 4) is 11.5 Å². The molecule has 2 aromatic rings. The molecule has 7 nitrogen and oxygen atoms in total. The summed E-state index contributed by atoms with van der Waals surface area (Å²) in [5, 5.41) is 10.9. The van der Waals surface area contributed by atoms with Gasteiger partial charge in [0.25, 0.3) is 0 Å². The zero-order chi connectivity index (χ0) is 17.5. The first kappa shape index (κ1) is 20.3. The average molecular weight is 471 g/mol. The van der Waals surface area contributed by atoms with Crippen molar-refractivity contribution in [3.63, 3.8) is 0 Å². The number of aromatic nitrogens is 2. The summed E-state index contributed by atoms with van der Waals surface area (Å²) in [4.78, 5) is 4.65. The largest absolute Gasteiger partial charge is 0.454 e. The molecule has 1 atom stereocenters. The Kier molecular flexibility index (Phi) is 8.02. The third-order valence-corrected chi connectivity index (χ3v) is 3.88. The number of halogens is 1. The summed E-state index contributed by atoms with van der Waals surface area (Å²) in [6, 6.07) is 7.87. The Balaban J connectivity index is 0.00000243. The number of rotatable bonds is 7. The predicted molar refractivity (Wildman–Crippen MR) is 112 cm³/mol. The van der Waals surface area contributed by atoms with Crippen LogP contribution in [-0.4, -0.2) is 35.6 Å². The molecule has 1 aliphatic rings. The van der Waals surface area contributed by atoms with E-state index in [1.54, 1.807) is 6.20 Å². The lowest BCUT2D eigenvalue weighted by atomic mass is 10.2. The van der Waals surface area contributed by atoms with Crippen LogP contribution in [0.25, 0.3) is 0 Å². The summed E-state index contributed by atoms with van der Waals surface area (Å²) in [6.45, 7) is 7.65. The van der Waals surface area contributed by atoms with Crippen molar-refractivity contribution in [1.29, 1.82) is 0 Å². The highest BCUT2D eigenvalue weighted by molar-refractivity contribution is 14.0. The van der Waals surface area contributed by atoms with Gasteiger partial charge in [-0.15, -0.1) is 24.0 Å². The fourth-order valence-electron chi connectivity index (χ4n) is 2.61. The quantitative estimate of drug-likeness (QED) is 0.369. The number of hydrogen-bond acceptors (Lipinski definition) is 4. The third-order valence-electron chi connectivity index (χ3n) is 3.88. The van der Waals surface area contributed by atoms with E-state index in [0.717, 1.165) is 42.7 Å². The number of nitrogens with one attached hydrogen (secondary N) is 2. The molecule has 0 bridgehead atoms. The monoisotopic (exact) mass is 471 g/mol. The number of ether oxygens (including phenoxy) is 2. The van der Waals surface area contributed by atoms with E-state index in [4.69, 9.17) is 9.47 Å². The minimum Gasteiger partial charge on any atom is -0.454 e. The third kappa shape index (κ3) is 5.79. The van der Waals surface area contributed by atoms with E-state index in [2.05, 4.69) is 34.6 Å². The molecule has 0 saturated heterocycles. The molecule has 1 aromatic carbocycles. The summed E-state index contributed by atoms with van der Waals surface area (Å²) in [7, 11) is 0. The van der Waals surface area contributed by atoms with E-state index in [9.17, 15) is 0 Å². The van der Waals surface area contributed by atoms with Crippen LogP contribution < -0.4 is 20.1 Å². The normalized spacial score (nSPS) is 13.8. The van der Waals surface area contributed by atoms with Crippen LogP contribution in [0.15, 0.2) is 41.7 Å². The van der Waals surface area contributed by atoms with E-state index >= 15 is 0 Å². The maximum Gasteiger partial charge on any atom is 0.231 e. The van der Waals surface area contributed by atoms with Gasteiger partial charge < -0.3 is 20.1 Å². The van der Waals surface area contributed by atoms with Gasteiger partial charge in [0.1, 0.15) is 0 Å². The van der Waals surface area contributed by atoms with Crippen LogP contribution >= 0.6 is 24.0 Å². The van der Waals surface area contributed by atoms with Crippen LogP contribution in [0.4, 0.5) is 0 Å². The SMILES string of the molecule is CCNC(=NCc1ccc2c(c1)OCO2)NCC(C)Cn1cccn1.I. The van der Waals surface area contributed by atoms with Crippen molar-refractivity contribution in [1.82, 2.24) is 20.4 Å². The van der Waals surface area contributed by atoms with E-state index in [1.165, 1.54) is 0 Å². The molecule has 0 fully saturated rings. The van der Waals surface area contributed by atoms with Crippen molar-refractivity contribution in [2.24, 2.45) is 10.9 Å². The molecule has 2 heterocycles. The van der Waals surface area contributed by atoms with Crippen molar-refractivity contribution in [2.75, 3.05) is 19.9 Å². The Morgan fingerprint density at radius 3 is 2.92 bits per heavy atom. The van der Waals surface area contributed by atoms with Gasteiger partial charge in [0.15, 0.2) is 17.5 Å². The van der Waals surface area contributed by atoms with Gasteiger partial charge >= 0.3 is 0 Å². The Hall–Kier alpha value is -1.97. The van der Waals surface area contributed by atoms with Crippen molar-refractivity contribution >= 4 is 29.9 Å². The second kappa shape index (κ2) is 10.2. The standard InChI is InChI=1S/C18H25N5O2.HI/c1-3-19-18(20-10-14(2)12-23-8-4-7-22-23)21-11-15-5-6-16-17(9-15)25-13-24-16;/h4-9,14H,3,10-13H2,1-2H3,(H2,19,20,21);1H. The van der Waals surface area contributed by atoms with Gasteiger partial charge in [-0.1, -0.05) is 13.0 Å². The lowest BCUT2D eigenvalue weighted by Gasteiger charge is -2.16. The van der Waals surface area contributed by atoms with Crippen molar-refractivity contribution in [3.05, 3.63) is 42.2 Å². The highest BCUT2D eigenvalue weighted by Crippen LogP contribution is 2.32. The van der Waals surface area contributed by atoms with Crippen LogP contribution in [0.5, 0.6) is 11.5 Å². The Labute approximate surface area is 171 Å². The Bertz CT molecular complexity index is 706. The van der Waals surface area contributed by atoms with E-state index in [0.29, 0.717) is 19.3 Å². The maximum absolute atomic E-state index is 5.41. The zero-order valence-corrected chi connectivity index (χ0v) is 17.5. The second-order valence-electron chi connectivity index (χ2n) is 6.10. The van der Waals surface area contributed by atoms with Crippen LogP contribution in [0.2, 0.25) is 0 Å². The predicted octanol–water partition coefficient (Wildman–Crippen LogP) is 2.62. The zero-order valence-electron chi connectivity index (χ0n) is 15.1. The number of benzene rings is 1. The summed E-state index contributed by atoms with van der Waals surface area (Å²) in [6.07, 6.45) is 3.78. The van der Waals surface area contributed by atoms with Gasteiger partial charge in [-0.25, -0.2) is 4.99 Å². The topological polar surface area (TPSA) is 72.7 Å². The summed E-state index contributed by atoms with van der Waals surface area (Å²) >= 11 is 0. The molecule has 0 spiro atoms. The number of nitrogens with zero attached hydrogens (tertiary/aromatic N) is 3. The van der Waals surface area contributed by atoms with Gasteiger partial charge in [0, 0.05) is 32.0 Å². The lowest BCUT2D eigenvalue weighted by molar-refractivity contribution is 0.174. The van der Waals surface area contributed by atoms with Crippen LogP contribution in [0.3, 0.4) is 0 Å². The van der Waals surface area contributed by atoms with Crippen molar-refractivity contribution < 1.29 is 9.47 Å². The summed E-state index contributed by atoms with van der Waals surface area (Å²) < 4.78 is 12.7. The molecular weight excluding hydrogens is 445 g/mol. The fraction of sp³-hybridized carbons (Fsp3) is 0.444. The molecule has 2 N–H and O–H groups in total. The highest BCUT2D eigenvalue weighted by atomic mass is 127. The minimum absolute atomic E-state index is 0. The molecule has 0 aliphatic carbocycles. The molecule has 0 saturated carbocycles. The number of hydrogen-bond donors (Lipinski definition) is 2. The van der Waals surface area contributed by atoms with Gasteiger partial charge in [0.2, 0.25) is 6.79 Å². The molecule has 0 amide bonds. The fourth-order valence-corrected chi connectivity index (χ4v) is 2.61. The number of fused-ring (bicyclic) bond motifs is 1. The molecule has 3 rings (SSSR count). The highest BCUT2D eigenvalue weighted by Gasteiger charge is 2.13. The number of guanidine groups is 1. The van der Waals surface area contributed by atoms with Gasteiger partial charge in [-0.3, -0.25) is 4.68 Å². The van der Waals surface area contributed by atoms with E-state index in [1.807, 2.05) is 35.1 Å². The average Bonchev–Trinajstić information content (AvgIpc) is 3.28. The van der Waals surface area contributed by atoms with Gasteiger partial charge in [-0.2, -0.15) is 5.10 Å². The molecule has 1 unspecified atom stereocenters. The Morgan fingerprint density at radius 2 is 2.15 bits per heavy atom. The van der Waals surface area contributed by atoms with E-state index in [-0.39, 0.29) is 24.0 Å².